The highest BCUT2D eigenvalue weighted by Gasteiger charge is 2.34. The lowest BCUT2D eigenvalue weighted by molar-refractivity contribution is -0.132. The average molecular weight is 268 g/mol. The van der Waals surface area contributed by atoms with Crippen molar-refractivity contribution in [1.82, 2.24) is 9.80 Å². The minimum Gasteiger partial charge on any atom is -0.341 e. The lowest BCUT2D eigenvalue weighted by Crippen LogP contribution is -2.41. The molecule has 0 bridgehead atoms. The van der Waals surface area contributed by atoms with Gasteiger partial charge in [-0.3, -0.25) is 9.69 Å². The van der Waals surface area contributed by atoms with E-state index in [1.807, 2.05) is 0 Å². The predicted octanol–water partition coefficient (Wildman–Crippen LogP) is 1.83. The summed E-state index contributed by atoms with van der Waals surface area (Å²) < 4.78 is 0. The van der Waals surface area contributed by atoms with Gasteiger partial charge in [-0.25, -0.2) is 0 Å². The fraction of sp³-hybridized carbons (Fsp3) is 0.929. The first-order valence-electron chi connectivity index (χ1n) is 7.45. The van der Waals surface area contributed by atoms with E-state index in [9.17, 15) is 4.79 Å². The molecule has 3 aliphatic rings. The van der Waals surface area contributed by atoms with Crippen LogP contribution in [0.1, 0.15) is 32.1 Å². The standard InChI is InChI=1S/C14H24N2OS/c17-14(12-2-3-12)16-7-1-6-15(8-9-16)13-4-10-18-11-5-13/h12-13H,1-11H2. The summed E-state index contributed by atoms with van der Waals surface area (Å²) in [6.07, 6.45) is 6.14. The van der Waals surface area contributed by atoms with Crippen molar-refractivity contribution in [3.63, 3.8) is 0 Å². The third kappa shape index (κ3) is 3.02. The number of hydrogen-bond acceptors (Lipinski definition) is 3. The van der Waals surface area contributed by atoms with Gasteiger partial charge >= 0.3 is 0 Å². The fourth-order valence-electron chi connectivity index (χ4n) is 3.16. The van der Waals surface area contributed by atoms with E-state index in [4.69, 9.17) is 0 Å². The van der Waals surface area contributed by atoms with Crippen LogP contribution in [0, 0.1) is 5.92 Å². The van der Waals surface area contributed by atoms with Crippen molar-refractivity contribution in [1.29, 1.82) is 0 Å². The topological polar surface area (TPSA) is 23.6 Å². The highest BCUT2D eigenvalue weighted by Crippen LogP contribution is 2.31. The summed E-state index contributed by atoms with van der Waals surface area (Å²) in [7, 11) is 0. The molecule has 0 aromatic rings. The van der Waals surface area contributed by atoms with Crippen molar-refractivity contribution in [2.75, 3.05) is 37.7 Å². The molecule has 4 heteroatoms. The Morgan fingerprint density at radius 2 is 1.72 bits per heavy atom. The molecule has 1 saturated carbocycles. The second kappa shape index (κ2) is 5.83. The van der Waals surface area contributed by atoms with Crippen LogP contribution in [0.3, 0.4) is 0 Å². The van der Waals surface area contributed by atoms with Crippen LogP contribution >= 0.6 is 11.8 Å². The lowest BCUT2D eigenvalue weighted by Gasteiger charge is -2.33. The highest BCUT2D eigenvalue weighted by atomic mass is 32.2. The Morgan fingerprint density at radius 3 is 2.44 bits per heavy atom. The molecule has 3 nitrogen and oxygen atoms in total. The number of hydrogen-bond donors (Lipinski definition) is 0. The smallest absolute Gasteiger partial charge is 0.225 e. The molecule has 3 fully saturated rings. The van der Waals surface area contributed by atoms with Gasteiger partial charge < -0.3 is 4.90 Å². The van der Waals surface area contributed by atoms with Gasteiger partial charge in [-0.2, -0.15) is 11.8 Å². The summed E-state index contributed by atoms with van der Waals surface area (Å²) in [4.78, 5) is 16.9. The zero-order chi connectivity index (χ0) is 12.4. The normalized spacial score (nSPS) is 28.1. The second-order valence-electron chi connectivity index (χ2n) is 5.83. The van der Waals surface area contributed by atoms with E-state index in [0.29, 0.717) is 11.8 Å². The van der Waals surface area contributed by atoms with Gasteiger partial charge in [0, 0.05) is 38.1 Å². The van der Waals surface area contributed by atoms with Crippen LogP contribution in [0.2, 0.25) is 0 Å². The zero-order valence-corrected chi connectivity index (χ0v) is 12.0. The molecule has 2 heterocycles. The third-order valence-electron chi connectivity index (χ3n) is 4.48. The molecule has 0 atom stereocenters. The molecule has 18 heavy (non-hydrogen) atoms. The summed E-state index contributed by atoms with van der Waals surface area (Å²) in [5.74, 6) is 3.48. The van der Waals surface area contributed by atoms with Crippen LogP contribution in [0.25, 0.3) is 0 Å². The largest absolute Gasteiger partial charge is 0.341 e. The number of carbonyl (C=O) groups excluding carboxylic acids is 1. The van der Waals surface area contributed by atoms with Gasteiger partial charge in [-0.05, 0) is 43.6 Å². The van der Waals surface area contributed by atoms with Crippen molar-refractivity contribution in [3.8, 4) is 0 Å². The van der Waals surface area contributed by atoms with E-state index < -0.39 is 0 Å². The van der Waals surface area contributed by atoms with Crippen molar-refractivity contribution < 1.29 is 4.79 Å². The van der Waals surface area contributed by atoms with Crippen molar-refractivity contribution in [2.45, 2.75) is 38.1 Å². The minimum absolute atomic E-state index is 0.391. The van der Waals surface area contributed by atoms with Crippen molar-refractivity contribution in [3.05, 3.63) is 0 Å². The van der Waals surface area contributed by atoms with Gasteiger partial charge in [0.15, 0.2) is 0 Å². The first-order chi connectivity index (χ1) is 8.84. The van der Waals surface area contributed by atoms with Gasteiger partial charge in [0.2, 0.25) is 5.91 Å². The van der Waals surface area contributed by atoms with Gasteiger partial charge in [0.1, 0.15) is 0 Å². The second-order valence-corrected chi connectivity index (χ2v) is 7.06. The molecule has 0 aromatic heterocycles. The molecule has 0 radical (unpaired) electrons. The Balaban J connectivity index is 1.52. The molecular weight excluding hydrogens is 244 g/mol. The van der Waals surface area contributed by atoms with Gasteiger partial charge in [0.05, 0.1) is 0 Å². The molecule has 1 amide bonds. The van der Waals surface area contributed by atoms with E-state index in [-0.39, 0.29) is 0 Å². The molecule has 0 aromatic carbocycles. The Labute approximate surface area is 114 Å². The first-order valence-corrected chi connectivity index (χ1v) is 8.60. The first kappa shape index (κ1) is 12.8. The van der Waals surface area contributed by atoms with Crippen molar-refractivity contribution >= 4 is 17.7 Å². The Kier molecular flexibility index (Phi) is 4.14. The molecule has 0 N–H and O–H groups in total. The summed E-state index contributed by atoms with van der Waals surface area (Å²) >= 11 is 2.09. The summed E-state index contributed by atoms with van der Waals surface area (Å²) in [5.41, 5.74) is 0. The van der Waals surface area contributed by atoms with Gasteiger partial charge in [-0.1, -0.05) is 0 Å². The number of amides is 1. The molecule has 2 aliphatic heterocycles. The van der Waals surface area contributed by atoms with Crippen LogP contribution in [0.4, 0.5) is 0 Å². The predicted molar refractivity (Wildman–Crippen MR) is 75.8 cm³/mol. The highest BCUT2D eigenvalue weighted by molar-refractivity contribution is 7.99. The number of rotatable bonds is 2. The summed E-state index contributed by atoms with van der Waals surface area (Å²) in [6.45, 7) is 4.27. The molecule has 0 unspecified atom stereocenters. The Bertz CT molecular complexity index is 300. The Hall–Kier alpha value is -0.220. The fourth-order valence-corrected chi connectivity index (χ4v) is 4.24. The van der Waals surface area contributed by atoms with Crippen LogP contribution in [-0.2, 0) is 4.79 Å². The lowest BCUT2D eigenvalue weighted by atomic mass is 10.1. The number of carbonyl (C=O) groups is 1. The van der Waals surface area contributed by atoms with Gasteiger partial charge in [-0.15, -0.1) is 0 Å². The Morgan fingerprint density at radius 1 is 0.944 bits per heavy atom. The third-order valence-corrected chi connectivity index (χ3v) is 5.52. The van der Waals surface area contributed by atoms with E-state index in [0.717, 1.165) is 38.5 Å². The molecule has 2 saturated heterocycles. The monoisotopic (exact) mass is 268 g/mol. The maximum atomic E-state index is 12.1. The number of nitrogens with zero attached hydrogens (tertiary/aromatic N) is 2. The maximum absolute atomic E-state index is 12.1. The quantitative estimate of drug-likeness (QED) is 0.763. The molecule has 3 rings (SSSR count). The van der Waals surface area contributed by atoms with Gasteiger partial charge in [0.25, 0.3) is 0 Å². The average Bonchev–Trinajstić information content (AvgIpc) is 3.25. The maximum Gasteiger partial charge on any atom is 0.225 e. The molecular formula is C14H24N2OS. The summed E-state index contributed by atoms with van der Waals surface area (Å²) in [6, 6.07) is 0.794. The van der Waals surface area contributed by atoms with E-state index >= 15 is 0 Å². The number of thioether (sulfide) groups is 1. The van der Waals surface area contributed by atoms with Crippen LogP contribution < -0.4 is 0 Å². The zero-order valence-electron chi connectivity index (χ0n) is 11.1. The minimum atomic E-state index is 0.391. The van der Waals surface area contributed by atoms with E-state index in [2.05, 4.69) is 21.6 Å². The van der Waals surface area contributed by atoms with E-state index in [1.54, 1.807) is 0 Å². The van der Waals surface area contributed by atoms with Crippen LogP contribution in [0.15, 0.2) is 0 Å². The molecule has 0 spiro atoms. The van der Waals surface area contributed by atoms with Crippen LogP contribution in [-0.4, -0.2) is 59.4 Å². The molecule has 1 aliphatic carbocycles. The van der Waals surface area contributed by atoms with Crippen molar-refractivity contribution in [2.24, 2.45) is 5.92 Å². The SMILES string of the molecule is O=C(C1CC1)N1CCCN(C2CCSCC2)CC1. The van der Waals surface area contributed by atoms with Crippen LogP contribution in [0.5, 0.6) is 0 Å². The summed E-state index contributed by atoms with van der Waals surface area (Å²) in [5, 5.41) is 0. The van der Waals surface area contributed by atoms with E-state index in [1.165, 1.54) is 37.3 Å². The molecule has 102 valence electrons.